The molecule has 4 amide bonds. The monoisotopic (exact) mass is 462 g/mol. The maximum Gasteiger partial charge on any atom is 0.328 e. The van der Waals surface area contributed by atoms with Gasteiger partial charge in [0.25, 0.3) is 17.5 Å². The van der Waals surface area contributed by atoms with Crippen LogP contribution in [0.3, 0.4) is 0 Å². The van der Waals surface area contributed by atoms with Crippen molar-refractivity contribution in [2.45, 2.75) is 0 Å². The number of nitrogens with zero attached hydrogens (tertiary/aromatic N) is 2. The summed E-state index contributed by atoms with van der Waals surface area (Å²) in [5, 5.41) is 25.9. The number of barbiturate groups is 1. The van der Waals surface area contributed by atoms with Crippen LogP contribution in [0.25, 0.3) is 6.08 Å². The van der Waals surface area contributed by atoms with Crippen molar-refractivity contribution < 1.29 is 33.7 Å². The van der Waals surface area contributed by atoms with E-state index in [-0.39, 0.29) is 33.4 Å². The van der Waals surface area contributed by atoms with Gasteiger partial charge in [-0.2, -0.15) is 0 Å². The molecule has 1 aliphatic rings. The van der Waals surface area contributed by atoms with E-state index in [1.807, 2.05) is 10.6 Å². The Balaban J connectivity index is 2.02. The van der Waals surface area contributed by atoms with Crippen LogP contribution in [-0.4, -0.2) is 34.8 Å². The summed E-state index contributed by atoms with van der Waals surface area (Å²) in [5.41, 5.74) is -1.34. The number of carbonyl (C=O) groups is 3. The second-order valence-electron chi connectivity index (χ2n) is 6.10. The predicted molar refractivity (Wildman–Crippen MR) is 107 cm³/mol. The standard InChI is InChI=1S/C18H11ClN4O9/c1-31-14-6-8(4-10-16(24)20-18(26)21-17(10)25)5-11(19)15(14)32-13-3-2-9(22(27)28)7-12(13)23(29)30/h2-7H,1H3,(H2,20,21,24,25,26). The Morgan fingerprint density at radius 2 is 1.62 bits per heavy atom. The summed E-state index contributed by atoms with van der Waals surface area (Å²) in [6.45, 7) is 0. The van der Waals surface area contributed by atoms with Crippen LogP contribution in [0.1, 0.15) is 5.56 Å². The largest absolute Gasteiger partial charge is 0.493 e. The zero-order valence-corrected chi connectivity index (χ0v) is 16.7. The van der Waals surface area contributed by atoms with Gasteiger partial charge < -0.3 is 9.47 Å². The fourth-order valence-electron chi connectivity index (χ4n) is 2.65. The molecule has 1 fully saturated rings. The third kappa shape index (κ3) is 4.46. The number of hydrogen-bond acceptors (Lipinski definition) is 9. The van der Waals surface area contributed by atoms with Crippen molar-refractivity contribution in [2.75, 3.05) is 7.11 Å². The summed E-state index contributed by atoms with van der Waals surface area (Å²) < 4.78 is 10.7. The van der Waals surface area contributed by atoms with Crippen LogP contribution >= 0.6 is 11.6 Å². The van der Waals surface area contributed by atoms with Crippen molar-refractivity contribution in [3.63, 3.8) is 0 Å². The lowest BCUT2D eigenvalue weighted by atomic mass is 10.1. The minimum Gasteiger partial charge on any atom is -0.493 e. The highest BCUT2D eigenvalue weighted by molar-refractivity contribution is 6.33. The maximum absolute atomic E-state index is 11.9. The molecule has 32 heavy (non-hydrogen) atoms. The molecule has 1 aliphatic heterocycles. The van der Waals surface area contributed by atoms with Crippen LogP contribution in [-0.2, 0) is 9.59 Å². The first kappa shape index (κ1) is 22.2. The molecule has 164 valence electrons. The van der Waals surface area contributed by atoms with Crippen molar-refractivity contribution >= 4 is 46.9 Å². The number of non-ortho nitro benzene ring substituents is 1. The molecule has 0 aliphatic carbocycles. The summed E-state index contributed by atoms with van der Waals surface area (Å²) >= 11 is 6.22. The van der Waals surface area contributed by atoms with Gasteiger partial charge in [0.05, 0.1) is 28.0 Å². The molecule has 0 radical (unpaired) electrons. The Kier molecular flexibility index (Phi) is 6.02. The summed E-state index contributed by atoms with van der Waals surface area (Å²) in [6.07, 6.45) is 1.14. The first-order valence-electron chi connectivity index (χ1n) is 8.47. The maximum atomic E-state index is 11.9. The molecule has 0 aromatic heterocycles. The Morgan fingerprint density at radius 3 is 2.19 bits per heavy atom. The van der Waals surface area contributed by atoms with Gasteiger partial charge in [-0.1, -0.05) is 11.6 Å². The van der Waals surface area contributed by atoms with E-state index < -0.39 is 39.1 Å². The summed E-state index contributed by atoms with van der Waals surface area (Å²) in [7, 11) is 1.25. The normalized spacial score (nSPS) is 13.2. The van der Waals surface area contributed by atoms with Crippen molar-refractivity contribution in [3.05, 3.63) is 66.7 Å². The van der Waals surface area contributed by atoms with Crippen LogP contribution in [0.5, 0.6) is 17.2 Å². The van der Waals surface area contributed by atoms with Gasteiger partial charge in [0.2, 0.25) is 5.75 Å². The zero-order valence-electron chi connectivity index (χ0n) is 15.9. The number of benzene rings is 2. The molecule has 3 rings (SSSR count). The Hall–Kier alpha value is -4.52. The predicted octanol–water partition coefficient (Wildman–Crippen LogP) is 2.71. The molecule has 0 bridgehead atoms. The molecule has 0 unspecified atom stereocenters. The smallest absolute Gasteiger partial charge is 0.328 e. The molecular weight excluding hydrogens is 452 g/mol. The van der Waals surface area contributed by atoms with Crippen molar-refractivity contribution in [1.82, 2.24) is 10.6 Å². The van der Waals surface area contributed by atoms with Crippen LogP contribution in [0.2, 0.25) is 5.02 Å². The molecule has 0 atom stereocenters. The van der Waals surface area contributed by atoms with Crippen LogP contribution in [0.4, 0.5) is 16.2 Å². The number of methoxy groups -OCH3 is 1. The molecule has 2 N–H and O–H groups in total. The quantitative estimate of drug-likeness (QED) is 0.282. The first-order valence-corrected chi connectivity index (χ1v) is 8.85. The minimum absolute atomic E-state index is 0.0234. The Bertz CT molecular complexity index is 1200. The minimum atomic E-state index is -0.957. The van der Waals surface area contributed by atoms with Gasteiger partial charge >= 0.3 is 11.7 Å². The summed E-state index contributed by atoms with van der Waals surface area (Å²) in [5.74, 6) is -2.35. The highest BCUT2D eigenvalue weighted by Gasteiger charge is 2.28. The second kappa shape index (κ2) is 8.69. The molecule has 1 heterocycles. The Labute approximate surface area is 182 Å². The fourth-order valence-corrected chi connectivity index (χ4v) is 2.91. The molecule has 2 aromatic rings. The lowest BCUT2D eigenvalue weighted by molar-refractivity contribution is -0.394. The number of nitro groups is 2. The number of amides is 4. The number of hydrogen-bond donors (Lipinski definition) is 2. The van der Waals surface area contributed by atoms with Gasteiger partial charge in [0, 0.05) is 6.07 Å². The highest BCUT2D eigenvalue weighted by Crippen LogP contribution is 2.43. The topological polar surface area (TPSA) is 180 Å². The SMILES string of the molecule is COc1cc(C=C2C(=O)NC(=O)NC2=O)cc(Cl)c1Oc1ccc([N+](=O)[O-])cc1[N+](=O)[O-]. The number of halogens is 1. The number of carbonyl (C=O) groups excluding carboxylic acids is 3. The third-order valence-corrected chi connectivity index (χ3v) is 4.35. The average Bonchev–Trinajstić information content (AvgIpc) is 2.72. The molecule has 0 saturated carbocycles. The van der Waals surface area contributed by atoms with E-state index in [4.69, 9.17) is 21.1 Å². The van der Waals surface area contributed by atoms with Gasteiger partial charge in [-0.3, -0.25) is 40.5 Å². The third-order valence-electron chi connectivity index (χ3n) is 4.07. The van der Waals surface area contributed by atoms with Gasteiger partial charge in [-0.05, 0) is 29.8 Å². The van der Waals surface area contributed by atoms with Crippen molar-refractivity contribution in [1.29, 1.82) is 0 Å². The lowest BCUT2D eigenvalue weighted by Gasteiger charge is -2.15. The van der Waals surface area contributed by atoms with E-state index in [1.165, 1.54) is 19.2 Å². The van der Waals surface area contributed by atoms with Crippen LogP contribution in [0.15, 0.2) is 35.9 Å². The van der Waals surface area contributed by atoms with Gasteiger partial charge in [-0.15, -0.1) is 0 Å². The number of nitrogens with one attached hydrogen (secondary N) is 2. The lowest BCUT2D eigenvalue weighted by Crippen LogP contribution is -2.51. The number of nitro benzene ring substituents is 2. The highest BCUT2D eigenvalue weighted by atomic mass is 35.5. The van der Waals surface area contributed by atoms with E-state index in [1.54, 1.807) is 0 Å². The van der Waals surface area contributed by atoms with E-state index in [0.717, 1.165) is 24.3 Å². The van der Waals surface area contributed by atoms with E-state index >= 15 is 0 Å². The van der Waals surface area contributed by atoms with Crippen molar-refractivity contribution in [2.24, 2.45) is 0 Å². The number of ether oxygens (including phenoxy) is 2. The molecular formula is C18H11ClN4O9. The summed E-state index contributed by atoms with van der Waals surface area (Å²) in [4.78, 5) is 55.5. The van der Waals surface area contributed by atoms with E-state index in [2.05, 4.69) is 0 Å². The molecule has 2 aromatic carbocycles. The fraction of sp³-hybridized carbons (Fsp3) is 0.0556. The van der Waals surface area contributed by atoms with Gasteiger partial charge in [0.15, 0.2) is 11.5 Å². The van der Waals surface area contributed by atoms with Gasteiger partial charge in [0.1, 0.15) is 5.57 Å². The number of imide groups is 2. The average molecular weight is 463 g/mol. The van der Waals surface area contributed by atoms with E-state index in [0.29, 0.717) is 0 Å². The number of urea groups is 1. The molecule has 14 heteroatoms. The Morgan fingerprint density at radius 1 is 0.969 bits per heavy atom. The second-order valence-corrected chi connectivity index (χ2v) is 6.51. The molecule has 0 spiro atoms. The van der Waals surface area contributed by atoms with Crippen LogP contribution < -0.4 is 20.1 Å². The molecule has 13 nitrogen and oxygen atoms in total. The van der Waals surface area contributed by atoms with Crippen LogP contribution in [0, 0.1) is 20.2 Å². The van der Waals surface area contributed by atoms with Crippen molar-refractivity contribution in [3.8, 4) is 17.2 Å². The first-order chi connectivity index (χ1) is 15.1. The van der Waals surface area contributed by atoms with E-state index in [9.17, 15) is 34.6 Å². The number of rotatable bonds is 6. The zero-order chi connectivity index (χ0) is 23.6. The van der Waals surface area contributed by atoms with Gasteiger partial charge in [-0.25, -0.2) is 4.79 Å². The molecule has 1 saturated heterocycles. The summed E-state index contributed by atoms with van der Waals surface area (Å²) in [6, 6.07) is 4.43.